The molecular formula is C56H32F24O2. The Balaban J connectivity index is 0.000000200. The zero-order valence-corrected chi connectivity index (χ0v) is 40.4. The number of benzene rings is 8. The third-order valence-electron chi connectivity index (χ3n) is 10.7. The summed E-state index contributed by atoms with van der Waals surface area (Å²) in [5.74, 6) is -1.17. The highest BCUT2D eigenvalue weighted by molar-refractivity contribution is 5.74. The molecule has 0 spiro atoms. The topological polar surface area (TPSA) is 18.5 Å². The number of hydrogen-bond donors (Lipinski definition) is 0. The van der Waals surface area contributed by atoms with Crippen LogP contribution in [0.2, 0.25) is 0 Å². The summed E-state index contributed by atoms with van der Waals surface area (Å²) in [6.45, 7) is 0. The van der Waals surface area contributed by atoms with E-state index in [9.17, 15) is 105 Å². The van der Waals surface area contributed by atoms with E-state index in [0.29, 0.717) is 0 Å². The molecule has 0 saturated carbocycles. The highest BCUT2D eigenvalue weighted by Gasteiger charge is 2.40. The second-order valence-corrected chi connectivity index (χ2v) is 16.5. The average Bonchev–Trinajstić information content (AvgIpc) is 3.58. The molecule has 0 amide bonds. The number of para-hydroxylation sites is 1. The number of hydrogen-bond acceptors (Lipinski definition) is 2. The van der Waals surface area contributed by atoms with Gasteiger partial charge in [0.05, 0.1) is 33.4 Å². The van der Waals surface area contributed by atoms with Crippen molar-refractivity contribution < 1.29 is 115 Å². The Bertz CT molecular complexity index is 3270. The molecule has 8 rings (SSSR count). The molecule has 0 N–H and O–H groups in total. The molecule has 0 aromatic heterocycles. The minimum atomic E-state index is -4.98. The molecule has 2 nitrogen and oxygen atoms in total. The summed E-state index contributed by atoms with van der Waals surface area (Å²) in [5.41, 5.74) is -6.94. The minimum Gasteiger partial charge on any atom is -0.406 e. The third kappa shape index (κ3) is 18.9. The Morgan fingerprint density at radius 1 is 0.220 bits per heavy atom. The van der Waals surface area contributed by atoms with Crippen molar-refractivity contribution in [3.05, 3.63) is 228 Å². The van der Waals surface area contributed by atoms with Gasteiger partial charge in [0.25, 0.3) is 0 Å². The normalized spacial score (nSPS) is 12.4. The maximum absolute atomic E-state index is 12.9. The first-order valence-corrected chi connectivity index (χ1v) is 22.4. The predicted octanol–water partition coefficient (Wildman–Crippen LogP) is 21.3. The fourth-order valence-corrected chi connectivity index (χ4v) is 7.30. The first-order valence-electron chi connectivity index (χ1n) is 22.4. The van der Waals surface area contributed by atoms with E-state index in [2.05, 4.69) is 9.47 Å². The molecule has 0 bridgehead atoms. The first kappa shape index (κ1) is 64.5. The maximum Gasteiger partial charge on any atom is 0.573 e. The van der Waals surface area contributed by atoms with Crippen LogP contribution >= 0.6 is 0 Å². The van der Waals surface area contributed by atoms with E-state index in [1.807, 2.05) is 0 Å². The molecule has 0 unspecified atom stereocenters. The van der Waals surface area contributed by atoms with Gasteiger partial charge in [-0.25, -0.2) is 0 Å². The van der Waals surface area contributed by atoms with Crippen LogP contribution in [0.25, 0.3) is 44.5 Å². The number of halogens is 24. The van der Waals surface area contributed by atoms with E-state index in [4.69, 9.17) is 0 Å². The standard InChI is InChI=1S/2C14H8F6O.2C14H8F6/c15-13(16,17)11-5-1-3-9(7-11)10-4-2-6-12(8-10)21-14(18,19)20;15-13(16,17)11-7-3-1-5-9(11)10-6-2-4-8-12(10)21-14(18,19)20;15-13(16,17)11-5-1-3-9(7-11)10-4-2-6-12(8-10)14(18,19)20;15-13(16,17)11-7-3-1-5-9(11)10-6-2-4-8-12(10)14(18,19)20/h2*1-8H;2*1-8H. The third-order valence-corrected chi connectivity index (χ3v) is 10.7. The predicted molar refractivity (Wildman–Crippen MR) is 251 cm³/mol. The smallest absolute Gasteiger partial charge is 0.406 e. The molecule has 8 aromatic carbocycles. The highest BCUT2D eigenvalue weighted by atomic mass is 19.4. The molecule has 0 aliphatic heterocycles. The van der Waals surface area contributed by atoms with Crippen molar-refractivity contribution in [1.29, 1.82) is 0 Å². The monoisotopic (exact) mass is 1190 g/mol. The summed E-state index contributed by atoms with van der Waals surface area (Å²) in [7, 11) is 0. The van der Waals surface area contributed by atoms with Gasteiger partial charge in [0.2, 0.25) is 0 Å². The largest absolute Gasteiger partial charge is 0.573 e. The zero-order valence-electron chi connectivity index (χ0n) is 40.4. The van der Waals surface area contributed by atoms with Crippen molar-refractivity contribution in [2.45, 2.75) is 49.8 Å². The SMILES string of the molecule is FC(F)(F)Oc1cccc(-c2cccc(C(F)(F)F)c2)c1.FC(F)(F)Oc1ccccc1-c1ccccc1C(F)(F)F.FC(F)(F)c1cccc(-c2cccc(C(F)(F)F)c2)c1.FC(F)(F)c1ccccc1-c1ccccc1C(F)(F)F. The van der Waals surface area contributed by atoms with Crippen molar-refractivity contribution in [2.75, 3.05) is 0 Å². The Morgan fingerprint density at radius 2 is 0.488 bits per heavy atom. The first-order chi connectivity index (χ1) is 37.7. The Labute approximate surface area is 447 Å². The fraction of sp³-hybridized carbons (Fsp3) is 0.143. The van der Waals surface area contributed by atoms with E-state index in [-0.39, 0.29) is 33.4 Å². The summed E-state index contributed by atoms with van der Waals surface area (Å²) in [5, 5.41) is 0. The van der Waals surface area contributed by atoms with Crippen molar-refractivity contribution >= 4 is 0 Å². The second kappa shape index (κ2) is 25.2. The van der Waals surface area contributed by atoms with Crippen molar-refractivity contribution in [2.24, 2.45) is 0 Å². The molecule has 0 radical (unpaired) electrons. The Morgan fingerprint density at radius 3 is 0.793 bits per heavy atom. The van der Waals surface area contributed by atoms with Crippen LogP contribution in [-0.2, 0) is 37.1 Å². The van der Waals surface area contributed by atoms with Gasteiger partial charge in [0, 0.05) is 5.56 Å². The molecule has 0 saturated heterocycles. The van der Waals surface area contributed by atoms with Crippen LogP contribution < -0.4 is 9.47 Å². The summed E-state index contributed by atoms with van der Waals surface area (Å²) in [6, 6.07) is 35.0. The molecular weight excluding hydrogens is 1160 g/mol. The van der Waals surface area contributed by atoms with E-state index >= 15 is 0 Å². The number of ether oxygens (including phenoxy) is 2. The molecule has 26 heteroatoms. The van der Waals surface area contributed by atoms with Crippen LogP contribution in [0.5, 0.6) is 11.5 Å². The average molecular weight is 1190 g/mol. The van der Waals surface area contributed by atoms with Crippen LogP contribution in [0, 0.1) is 0 Å². The maximum atomic E-state index is 12.9. The Hall–Kier alpha value is -8.32. The van der Waals surface area contributed by atoms with Crippen molar-refractivity contribution in [1.82, 2.24) is 0 Å². The minimum absolute atomic E-state index is 0.0888. The van der Waals surface area contributed by atoms with E-state index in [1.165, 1.54) is 84.9 Å². The lowest BCUT2D eigenvalue weighted by Gasteiger charge is -2.17. The molecule has 436 valence electrons. The number of rotatable bonds is 6. The van der Waals surface area contributed by atoms with Gasteiger partial charge in [0.1, 0.15) is 11.5 Å². The van der Waals surface area contributed by atoms with Gasteiger partial charge in [-0.3, -0.25) is 0 Å². The zero-order chi connectivity index (χ0) is 61.3. The van der Waals surface area contributed by atoms with Crippen molar-refractivity contribution in [3.63, 3.8) is 0 Å². The fourth-order valence-electron chi connectivity index (χ4n) is 7.30. The van der Waals surface area contributed by atoms with Crippen LogP contribution in [-0.4, -0.2) is 12.7 Å². The molecule has 0 heterocycles. The molecule has 0 fully saturated rings. The van der Waals surface area contributed by atoms with Crippen LogP contribution in [0.4, 0.5) is 105 Å². The summed E-state index contributed by atoms with van der Waals surface area (Å²) < 4.78 is 310. The van der Waals surface area contributed by atoms with Gasteiger partial charge >= 0.3 is 49.8 Å². The van der Waals surface area contributed by atoms with E-state index in [0.717, 1.165) is 109 Å². The molecule has 8 aromatic rings. The van der Waals surface area contributed by atoms with Gasteiger partial charge in [0.15, 0.2) is 0 Å². The van der Waals surface area contributed by atoms with E-state index in [1.54, 1.807) is 0 Å². The van der Waals surface area contributed by atoms with Gasteiger partial charge in [-0.2, -0.15) is 79.0 Å². The van der Waals surface area contributed by atoms with E-state index < -0.39 is 106 Å². The van der Waals surface area contributed by atoms with Crippen molar-refractivity contribution in [3.8, 4) is 56.0 Å². The second-order valence-electron chi connectivity index (χ2n) is 16.5. The van der Waals surface area contributed by atoms with Gasteiger partial charge in [-0.05, 0) is 112 Å². The highest BCUT2D eigenvalue weighted by Crippen LogP contribution is 2.44. The van der Waals surface area contributed by atoms with Gasteiger partial charge in [-0.1, -0.05) is 121 Å². The van der Waals surface area contributed by atoms with Gasteiger partial charge in [-0.15, -0.1) is 26.3 Å². The quantitative estimate of drug-likeness (QED) is 0.155. The molecule has 0 aliphatic rings. The number of alkyl halides is 24. The molecule has 0 atom stereocenters. The van der Waals surface area contributed by atoms with Crippen LogP contribution in [0.15, 0.2) is 194 Å². The summed E-state index contributed by atoms with van der Waals surface area (Å²) in [4.78, 5) is 0. The lowest BCUT2D eigenvalue weighted by Crippen LogP contribution is -2.18. The van der Waals surface area contributed by atoms with Crippen LogP contribution in [0.1, 0.15) is 33.4 Å². The lowest BCUT2D eigenvalue weighted by molar-refractivity contribution is -0.275. The summed E-state index contributed by atoms with van der Waals surface area (Å²) >= 11 is 0. The Kier molecular flexibility index (Phi) is 19.8. The van der Waals surface area contributed by atoms with Crippen LogP contribution in [0.3, 0.4) is 0 Å². The lowest BCUT2D eigenvalue weighted by atomic mass is 9.95. The molecule has 82 heavy (non-hydrogen) atoms. The summed E-state index contributed by atoms with van der Waals surface area (Å²) in [6.07, 6.45) is -37.5. The molecule has 0 aliphatic carbocycles. The van der Waals surface area contributed by atoms with Gasteiger partial charge < -0.3 is 9.47 Å².